The Labute approximate surface area is 168 Å². The maximum absolute atomic E-state index is 11.8. The van der Waals surface area contributed by atoms with Crippen molar-refractivity contribution in [2.75, 3.05) is 12.3 Å². The van der Waals surface area contributed by atoms with Gasteiger partial charge in [0.1, 0.15) is 5.75 Å². The van der Waals surface area contributed by atoms with E-state index in [0.29, 0.717) is 26.9 Å². The zero-order chi connectivity index (χ0) is 18.5. The second kappa shape index (κ2) is 13.5. The third-order valence-corrected chi connectivity index (χ3v) is 5.37. The average Bonchev–Trinajstić information content (AvgIpc) is 2.57. The number of anilines is 1. The van der Waals surface area contributed by atoms with E-state index in [4.69, 9.17) is 10.5 Å². The number of hydrogen-bond acceptors (Lipinski definition) is 3. The third kappa shape index (κ3) is 10.1. The molecule has 6 heteroatoms. The van der Waals surface area contributed by atoms with E-state index in [1.54, 1.807) is 12.1 Å². The summed E-state index contributed by atoms with van der Waals surface area (Å²) in [5, 5.41) is 2.79. The first kappa shape index (κ1) is 22.3. The van der Waals surface area contributed by atoms with Gasteiger partial charge in [0.15, 0.2) is 0 Å². The lowest BCUT2D eigenvalue weighted by Gasteiger charge is -2.09. The van der Waals surface area contributed by atoms with Gasteiger partial charge in [-0.15, -0.1) is 0 Å². The van der Waals surface area contributed by atoms with Crippen LogP contribution in [-0.4, -0.2) is 12.6 Å². The molecule has 0 spiro atoms. The first-order valence-corrected chi connectivity index (χ1v) is 10.8. The van der Waals surface area contributed by atoms with Crippen molar-refractivity contribution in [2.45, 2.75) is 71.1 Å². The molecule has 0 aliphatic rings. The molecule has 25 heavy (non-hydrogen) atoms. The van der Waals surface area contributed by atoms with Crippen LogP contribution in [-0.2, 0) is 0 Å². The summed E-state index contributed by atoms with van der Waals surface area (Å²) >= 11 is 6.66. The molecule has 3 N–H and O–H groups in total. The number of amides is 1. The van der Waals surface area contributed by atoms with Crippen molar-refractivity contribution in [1.29, 1.82) is 0 Å². The number of carbonyl (C=O) groups is 1. The van der Waals surface area contributed by atoms with Crippen LogP contribution >= 0.6 is 31.9 Å². The topological polar surface area (TPSA) is 64.3 Å². The van der Waals surface area contributed by atoms with Crippen LogP contribution in [0.1, 0.15) is 71.1 Å². The summed E-state index contributed by atoms with van der Waals surface area (Å²) in [5.41, 5.74) is 6.39. The number of halogens is 2. The summed E-state index contributed by atoms with van der Waals surface area (Å²) in [7, 11) is 0. The highest BCUT2D eigenvalue weighted by Gasteiger charge is 2.08. The number of nitrogens with one attached hydrogen (secondary N) is 1. The van der Waals surface area contributed by atoms with Gasteiger partial charge >= 0.3 is 6.09 Å². The standard InChI is InChI=1S/C19H30Br2N2O2/c1-2-3-4-5-6-7-8-9-10-11-12-23-19(24)25-15-13-16(20)18(22)17(21)14-15/h13-14H,2-12,22H2,1H3,(H,23,24). The molecular formula is C19H30Br2N2O2. The summed E-state index contributed by atoms with van der Waals surface area (Å²) in [6.45, 7) is 2.89. The highest BCUT2D eigenvalue weighted by atomic mass is 79.9. The van der Waals surface area contributed by atoms with Crippen molar-refractivity contribution in [3.05, 3.63) is 21.1 Å². The van der Waals surface area contributed by atoms with E-state index >= 15 is 0 Å². The van der Waals surface area contributed by atoms with Gasteiger partial charge in [-0.25, -0.2) is 4.79 Å². The summed E-state index contributed by atoms with van der Waals surface area (Å²) in [6.07, 6.45) is 12.4. The monoisotopic (exact) mass is 476 g/mol. The molecule has 1 amide bonds. The predicted molar refractivity (Wildman–Crippen MR) is 112 cm³/mol. The molecule has 0 heterocycles. The van der Waals surface area contributed by atoms with Gasteiger partial charge in [-0.1, -0.05) is 64.7 Å². The number of rotatable bonds is 12. The molecule has 0 unspecified atom stereocenters. The van der Waals surface area contributed by atoms with Gasteiger partial charge < -0.3 is 15.8 Å². The summed E-state index contributed by atoms with van der Waals surface area (Å²) in [6, 6.07) is 3.36. The van der Waals surface area contributed by atoms with Gasteiger partial charge in [0.25, 0.3) is 0 Å². The van der Waals surface area contributed by atoms with Crippen LogP contribution in [0, 0.1) is 0 Å². The number of benzene rings is 1. The van der Waals surface area contributed by atoms with Crippen LogP contribution < -0.4 is 15.8 Å². The van der Waals surface area contributed by atoms with Gasteiger partial charge in [0.05, 0.1) is 5.69 Å². The lowest BCUT2D eigenvalue weighted by Crippen LogP contribution is -2.27. The van der Waals surface area contributed by atoms with E-state index in [0.717, 1.165) is 12.8 Å². The largest absolute Gasteiger partial charge is 0.412 e. The fraction of sp³-hybridized carbons (Fsp3) is 0.632. The molecule has 1 aromatic rings. The van der Waals surface area contributed by atoms with Crippen molar-refractivity contribution in [1.82, 2.24) is 5.32 Å². The molecule has 0 radical (unpaired) electrons. The molecule has 1 rings (SSSR count). The fourth-order valence-electron chi connectivity index (χ4n) is 2.57. The number of nitrogens with two attached hydrogens (primary N) is 1. The van der Waals surface area contributed by atoms with Crippen molar-refractivity contribution < 1.29 is 9.53 Å². The maximum atomic E-state index is 11.8. The molecule has 0 saturated heterocycles. The lowest BCUT2D eigenvalue weighted by atomic mass is 10.1. The van der Waals surface area contributed by atoms with Crippen LogP contribution in [0.3, 0.4) is 0 Å². The Kier molecular flexibility index (Phi) is 12.0. The van der Waals surface area contributed by atoms with Gasteiger partial charge in [0, 0.05) is 15.5 Å². The van der Waals surface area contributed by atoms with Gasteiger partial charge in [-0.3, -0.25) is 0 Å². The number of carbonyl (C=O) groups excluding carboxylic acids is 1. The normalized spacial score (nSPS) is 10.7. The Bertz CT molecular complexity index is 501. The number of hydrogen-bond donors (Lipinski definition) is 2. The molecular weight excluding hydrogens is 448 g/mol. The highest BCUT2D eigenvalue weighted by molar-refractivity contribution is 9.11. The average molecular weight is 478 g/mol. The van der Waals surface area contributed by atoms with Gasteiger partial charge in [0.2, 0.25) is 0 Å². The van der Waals surface area contributed by atoms with Gasteiger partial charge in [-0.2, -0.15) is 0 Å². The third-order valence-electron chi connectivity index (χ3n) is 4.06. The zero-order valence-electron chi connectivity index (χ0n) is 15.1. The van der Waals surface area contributed by atoms with Gasteiger partial charge in [-0.05, 0) is 50.4 Å². The van der Waals surface area contributed by atoms with Crippen LogP contribution in [0.4, 0.5) is 10.5 Å². The van der Waals surface area contributed by atoms with Crippen LogP contribution in [0.2, 0.25) is 0 Å². The van der Waals surface area contributed by atoms with Crippen molar-refractivity contribution in [3.63, 3.8) is 0 Å². The number of nitrogen functional groups attached to an aromatic ring is 1. The van der Waals surface area contributed by atoms with E-state index in [9.17, 15) is 4.79 Å². The van der Waals surface area contributed by atoms with Crippen LogP contribution in [0.15, 0.2) is 21.1 Å². The smallest absolute Gasteiger partial charge is 0.410 e. The van der Waals surface area contributed by atoms with Crippen LogP contribution in [0.25, 0.3) is 0 Å². The minimum Gasteiger partial charge on any atom is -0.410 e. The Balaban J connectivity index is 2.04. The molecule has 0 aliphatic heterocycles. The quantitative estimate of drug-likeness (QED) is 0.257. The number of unbranched alkanes of at least 4 members (excludes halogenated alkanes) is 9. The number of ether oxygens (including phenoxy) is 1. The Hall–Kier alpha value is -0.750. The van der Waals surface area contributed by atoms with E-state index < -0.39 is 6.09 Å². The van der Waals surface area contributed by atoms with Crippen molar-refractivity contribution in [3.8, 4) is 5.75 Å². The molecule has 0 atom stereocenters. The Morgan fingerprint density at radius 2 is 1.44 bits per heavy atom. The first-order chi connectivity index (χ1) is 12.0. The van der Waals surface area contributed by atoms with E-state index in [1.807, 2.05) is 0 Å². The lowest BCUT2D eigenvalue weighted by molar-refractivity contribution is 0.200. The molecule has 4 nitrogen and oxygen atoms in total. The van der Waals surface area contributed by atoms with Crippen molar-refractivity contribution >= 4 is 43.6 Å². The maximum Gasteiger partial charge on any atom is 0.412 e. The molecule has 0 bridgehead atoms. The Morgan fingerprint density at radius 3 is 1.96 bits per heavy atom. The first-order valence-electron chi connectivity index (χ1n) is 9.24. The van der Waals surface area contributed by atoms with E-state index in [2.05, 4.69) is 44.1 Å². The molecule has 0 aromatic heterocycles. The predicted octanol–water partition coefficient (Wildman–Crippen LogP) is 6.80. The summed E-state index contributed by atoms with van der Waals surface area (Å²) < 4.78 is 6.64. The minimum absolute atomic E-state index is 0.431. The molecule has 0 fully saturated rings. The highest BCUT2D eigenvalue weighted by Crippen LogP contribution is 2.32. The summed E-state index contributed by atoms with van der Waals surface area (Å²) in [5.74, 6) is 0.452. The summed E-state index contributed by atoms with van der Waals surface area (Å²) in [4.78, 5) is 11.8. The molecule has 1 aromatic carbocycles. The second-order valence-electron chi connectivity index (χ2n) is 6.30. The van der Waals surface area contributed by atoms with E-state index in [1.165, 1.54) is 51.4 Å². The molecule has 142 valence electrons. The second-order valence-corrected chi connectivity index (χ2v) is 8.01. The van der Waals surface area contributed by atoms with Crippen molar-refractivity contribution in [2.24, 2.45) is 0 Å². The molecule has 0 saturated carbocycles. The van der Waals surface area contributed by atoms with E-state index in [-0.39, 0.29) is 0 Å². The SMILES string of the molecule is CCCCCCCCCCCCNC(=O)Oc1cc(Br)c(N)c(Br)c1. The fourth-order valence-corrected chi connectivity index (χ4v) is 3.71. The molecule has 0 aliphatic carbocycles. The minimum atomic E-state index is -0.431. The van der Waals surface area contributed by atoms with Crippen LogP contribution in [0.5, 0.6) is 5.75 Å². The Morgan fingerprint density at radius 1 is 0.960 bits per heavy atom. The zero-order valence-corrected chi connectivity index (χ0v) is 18.3.